The highest BCUT2D eigenvalue weighted by atomic mass is 79.9. The minimum Gasteiger partial charge on any atom is -0.321 e. The molecule has 112 valence electrons. The molecule has 0 aliphatic heterocycles. The minimum absolute atomic E-state index is 0.422. The van der Waals surface area contributed by atoms with Crippen molar-refractivity contribution in [3.63, 3.8) is 0 Å². The Kier molecular flexibility index (Phi) is 4.18. The van der Waals surface area contributed by atoms with Crippen LogP contribution in [0.3, 0.4) is 0 Å². The number of nitrogens with two attached hydrogens (primary N) is 1. The molecule has 1 aromatic heterocycles. The standard InChI is InChI=1S/C17H22BrN3/c1-17(19,15-8-4-5-9-16(15)18)12-13-10-11-21(20-13)14-6-2-3-7-14/h4-5,8-11,14H,2-3,6-7,12,19H2,1H3. The van der Waals surface area contributed by atoms with Gasteiger partial charge in [-0.1, -0.05) is 47.0 Å². The molecule has 2 N–H and O–H groups in total. The summed E-state index contributed by atoms with van der Waals surface area (Å²) in [5, 5.41) is 4.75. The molecule has 0 amide bonds. The van der Waals surface area contributed by atoms with Crippen molar-refractivity contribution in [1.82, 2.24) is 9.78 Å². The summed E-state index contributed by atoms with van der Waals surface area (Å²) in [6.07, 6.45) is 8.02. The molecule has 3 nitrogen and oxygen atoms in total. The van der Waals surface area contributed by atoms with Crippen molar-refractivity contribution >= 4 is 15.9 Å². The third-order valence-electron chi connectivity index (χ3n) is 4.40. The molecule has 1 heterocycles. The number of hydrogen-bond donors (Lipinski definition) is 1. The van der Waals surface area contributed by atoms with E-state index in [1.165, 1.54) is 25.7 Å². The van der Waals surface area contributed by atoms with Gasteiger partial charge in [-0.15, -0.1) is 0 Å². The third kappa shape index (κ3) is 3.22. The lowest BCUT2D eigenvalue weighted by Gasteiger charge is -2.25. The molecule has 0 bridgehead atoms. The molecular weight excluding hydrogens is 326 g/mol. The first-order valence-corrected chi connectivity index (χ1v) is 8.43. The summed E-state index contributed by atoms with van der Waals surface area (Å²) in [5.74, 6) is 0. The van der Waals surface area contributed by atoms with Gasteiger partial charge in [-0.05, 0) is 37.5 Å². The molecule has 0 saturated heterocycles. The summed E-state index contributed by atoms with van der Waals surface area (Å²) >= 11 is 3.60. The monoisotopic (exact) mass is 347 g/mol. The summed E-state index contributed by atoms with van der Waals surface area (Å²) in [6.45, 7) is 2.07. The summed E-state index contributed by atoms with van der Waals surface area (Å²) in [7, 11) is 0. The molecule has 1 unspecified atom stereocenters. The molecule has 0 radical (unpaired) electrons. The van der Waals surface area contributed by atoms with Gasteiger partial charge in [-0.25, -0.2) is 0 Å². The number of hydrogen-bond acceptors (Lipinski definition) is 2. The zero-order chi connectivity index (χ0) is 14.9. The highest BCUT2D eigenvalue weighted by Crippen LogP contribution is 2.31. The van der Waals surface area contributed by atoms with Crippen LogP contribution in [0.1, 0.15) is 49.9 Å². The van der Waals surface area contributed by atoms with Crippen LogP contribution in [0.4, 0.5) is 0 Å². The van der Waals surface area contributed by atoms with Crippen molar-refractivity contribution in [2.45, 2.75) is 50.6 Å². The molecule has 1 atom stereocenters. The van der Waals surface area contributed by atoms with Crippen molar-refractivity contribution in [1.29, 1.82) is 0 Å². The topological polar surface area (TPSA) is 43.8 Å². The van der Waals surface area contributed by atoms with Gasteiger partial charge in [0, 0.05) is 22.6 Å². The van der Waals surface area contributed by atoms with Gasteiger partial charge in [0.05, 0.1) is 11.7 Å². The number of benzene rings is 1. The van der Waals surface area contributed by atoms with Crippen LogP contribution in [0.15, 0.2) is 41.0 Å². The molecule has 4 heteroatoms. The van der Waals surface area contributed by atoms with Gasteiger partial charge < -0.3 is 5.73 Å². The first-order chi connectivity index (χ1) is 10.1. The highest BCUT2D eigenvalue weighted by molar-refractivity contribution is 9.10. The van der Waals surface area contributed by atoms with Crippen LogP contribution in [0.25, 0.3) is 0 Å². The summed E-state index contributed by atoms with van der Waals surface area (Å²) in [4.78, 5) is 0. The molecular formula is C17H22BrN3. The molecule has 1 aliphatic rings. The average molecular weight is 348 g/mol. The number of rotatable bonds is 4. The van der Waals surface area contributed by atoms with Crippen LogP contribution < -0.4 is 5.73 Å². The Labute approximate surface area is 134 Å². The zero-order valence-corrected chi connectivity index (χ0v) is 14.0. The van der Waals surface area contributed by atoms with Crippen molar-refractivity contribution in [2.24, 2.45) is 5.73 Å². The van der Waals surface area contributed by atoms with Gasteiger partial charge in [-0.2, -0.15) is 5.10 Å². The molecule has 2 aromatic rings. The fourth-order valence-electron chi connectivity index (χ4n) is 3.24. The third-order valence-corrected chi connectivity index (χ3v) is 5.09. The maximum Gasteiger partial charge on any atom is 0.0646 e. The SMILES string of the molecule is CC(N)(Cc1ccn(C2CCCC2)n1)c1ccccc1Br. The van der Waals surface area contributed by atoms with Gasteiger partial charge in [0.25, 0.3) is 0 Å². The van der Waals surface area contributed by atoms with Gasteiger partial charge in [0.1, 0.15) is 0 Å². The van der Waals surface area contributed by atoms with Crippen LogP contribution in [-0.4, -0.2) is 9.78 Å². The number of nitrogens with zero attached hydrogens (tertiary/aromatic N) is 2. The minimum atomic E-state index is -0.422. The fraction of sp³-hybridized carbons (Fsp3) is 0.471. The van der Waals surface area contributed by atoms with E-state index in [1.54, 1.807) is 0 Å². The number of halogens is 1. The zero-order valence-electron chi connectivity index (χ0n) is 12.4. The lowest BCUT2D eigenvalue weighted by Crippen LogP contribution is -2.36. The van der Waals surface area contributed by atoms with Crippen LogP contribution >= 0.6 is 15.9 Å². The van der Waals surface area contributed by atoms with E-state index in [0.717, 1.165) is 22.2 Å². The van der Waals surface area contributed by atoms with Crippen LogP contribution in [0, 0.1) is 0 Å². The van der Waals surface area contributed by atoms with Crippen molar-refractivity contribution in [3.05, 3.63) is 52.3 Å². The van der Waals surface area contributed by atoms with Crippen molar-refractivity contribution in [3.8, 4) is 0 Å². The van der Waals surface area contributed by atoms with Crippen LogP contribution in [0.5, 0.6) is 0 Å². The average Bonchev–Trinajstić information content (AvgIpc) is 3.09. The Morgan fingerprint density at radius 1 is 1.29 bits per heavy atom. The summed E-state index contributed by atoms with van der Waals surface area (Å²) in [6, 6.07) is 10.9. The molecule has 1 aromatic carbocycles. The van der Waals surface area contributed by atoms with E-state index >= 15 is 0 Å². The van der Waals surface area contributed by atoms with E-state index in [1.807, 2.05) is 18.2 Å². The predicted molar refractivity (Wildman–Crippen MR) is 89.1 cm³/mol. The van der Waals surface area contributed by atoms with Crippen LogP contribution in [-0.2, 0) is 12.0 Å². The van der Waals surface area contributed by atoms with E-state index < -0.39 is 5.54 Å². The predicted octanol–water partition coefficient (Wildman–Crippen LogP) is 4.18. The van der Waals surface area contributed by atoms with Gasteiger partial charge in [0.2, 0.25) is 0 Å². The van der Waals surface area contributed by atoms with E-state index in [-0.39, 0.29) is 0 Å². The first kappa shape index (κ1) is 14.8. The Balaban J connectivity index is 1.78. The molecule has 0 spiro atoms. The summed E-state index contributed by atoms with van der Waals surface area (Å²) in [5.41, 5.74) is 8.33. The second-order valence-electron chi connectivity index (χ2n) is 6.30. The summed E-state index contributed by atoms with van der Waals surface area (Å²) < 4.78 is 3.20. The molecule has 3 rings (SSSR count). The Morgan fingerprint density at radius 2 is 2.00 bits per heavy atom. The lowest BCUT2D eigenvalue weighted by atomic mass is 9.88. The Morgan fingerprint density at radius 3 is 2.71 bits per heavy atom. The van der Waals surface area contributed by atoms with Gasteiger partial charge in [-0.3, -0.25) is 4.68 Å². The fourth-order valence-corrected chi connectivity index (χ4v) is 3.98. The smallest absolute Gasteiger partial charge is 0.0646 e. The van der Waals surface area contributed by atoms with Crippen LogP contribution in [0.2, 0.25) is 0 Å². The second kappa shape index (κ2) is 5.93. The normalized spacial score (nSPS) is 18.8. The van der Waals surface area contributed by atoms with E-state index in [2.05, 4.69) is 45.9 Å². The Hall–Kier alpha value is -1.13. The highest BCUT2D eigenvalue weighted by Gasteiger charge is 2.26. The maximum absolute atomic E-state index is 6.55. The Bertz CT molecular complexity index is 612. The van der Waals surface area contributed by atoms with Crippen molar-refractivity contribution < 1.29 is 0 Å². The molecule has 21 heavy (non-hydrogen) atoms. The van der Waals surface area contributed by atoms with Gasteiger partial charge >= 0.3 is 0 Å². The van der Waals surface area contributed by atoms with Gasteiger partial charge in [0.15, 0.2) is 0 Å². The lowest BCUT2D eigenvalue weighted by molar-refractivity contribution is 0.444. The quantitative estimate of drug-likeness (QED) is 0.901. The van der Waals surface area contributed by atoms with E-state index in [4.69, 9.17) is 10.8 Å². The number of aromatic nitrogens is 2. The molecule has 1 saturated carbocycles. The second-order valence-corrected chi connectivity index (χ2v) is 7.15. The van der Waals surface area contributed by atoms with E-state index in [0.29, 0.717) is 6.04 Å². The molecule has 1 aliphatic carbocycles. The largest absolute Gasteiger partial charge is 0.321 e. The van der Waals surface area contributed by atoms with Crippen molar-refractivity contribution in [2.75, 3.05) is 0 Å². The van der Waals surface area contributed by atoms with E-state index in [9.17, 15) is 0 Å². The first-order valence-electron chi connectivity index (χ1n) is 7.64. The molecule has 1 fully saturated rings. The maximum atomic E-state index is 6.55.